The normalized spacial score (nSPS) is 16.6. The molecule has 1 atom stereocenters. The predicted molar refractivity (Wildman–Crippen MR) is 101 cm³/mol. The number of rotatable bonds is 10. The molecule has 0 bridgehead atoms. The van der Waals surface area contributed by atoms with Crippen LogP contribution < -0.4 is 10.6 Å². The molecule has 26 heavy (non-hydrogen) atoms. The van der Waals surface area contributed by atoms with Crippen molar-refractivity contribution in [3.8, 4) is 0 Å². The lowest BCUT2D eigenvalue weighted by Crippen LogP contribution is -2.52. The molecule has 0 aromatic carbocycles. The number of carbonyl (C=O) groups is 1. The molecule has 2 heterocycles. The summed E-state index contributed by atoms with van der Waals surface area (Å²) in [5.74, 6) is 0.560. The van der Waals surface area contributed by atoms with Crippen molar-refractivity contribution >= 4 is 11.7 Å². The zero-order valence-electron chi connectivity index (χ0n) is 16.2. The van der Waals surface area contributed by atoms with E-state index in [1.807, 2.05) is 0 Å². The SMILES string of the molecule is CCC(CC)[C@H](CNC(=O)Nc1cnn(CCOC)c1)N1CCOCC1. The molecule has 1 aliphatic heterocycles. The highest BCUT2D eigenvalue weighted by molar-refractivity contribution is 5.88. The van der Waals surface area contributed by atoms with E-state index < -0.39 is 0 Å². The third-order valence-corrected chi connectivity index (χ3v) is 4.99. The van der Waals surface area contributed by atoms with E-state index in [4.69, 9.17) is 9.47 Å². The molecule has 8 heteroatoms. The van der Waals surface area contributed by atoms with Gasteiger partial charge in [-0.3, -0.25) is 9.58 Å². The van der Waals surface area contributed by atoms with E-state index in [0.29, 0.717) is 37.3 Å². The monoisotopic (exact) mass is 367 g/mol. The molecule has 1 fully saturated rings. The van der Waals surface area contributed by atoms with Gasteiger partial charge in [0, 0.05) is 39.0 Å². The van der Waals surface area contributed by atoms with Gasteiger partial charge in [0.2, 0.25) is 0 Å². The van der Waals surface area contributed by atoms with E-state index in [1.165, 1.54) is 0 Å². The Bertz CT molecular complexity index is 527. The van der Waals surface area contributed by atoms with Crippen molar-refractivity contribution in [3.63, 3.8) is 0 Å². The fourth-order valence-corrected chi connectivity index (χ4v) is 3.44. The summed E-state index contributed by atoms with van der Waals surface area (Å²) in [6.45, 7) is 9.71. The molecule has 2 N–H and O–H groups in total. The largest absolute Gasteiger partial charge is 0.383 e. The number of amides is 2. The number of aromatic nitrogens is 2. The second kappa shape index (κ2) is 11.2. The minimum Gasteiger partial charge on any atom is -0.383 e. The number of hydrogen-bond donors (Lipinski definition) is 2. The molecule has 2 rings (SSSR count). The van der Waals surface area contributed by atoms with Crippen LogP contribution in [0.2, 0.25) is 0 Å². The number of carbonyl (C=O) groups excluding carboxylic acids is 1. The van der Waals surface area contributed by atoms with Crippen molar-refractivity contribution in [2.45, 2.75) is 39.3 Å². The van der Waals surface area contributed by atoms with E-state index in [9.17, 15) is 4.79 Å². The molecule has 148 valence electrons. The standard InChI is InChI=1S/C18H33N5O3/c1-4-15(5-2)17(22-6-10-26-11-7-22)13-19-18(24)21-16-12-20-23(14-16)8-9-25-3/h12,14-15,17H,4-11,13H2,1-3H3,(H2,19,21,24)/t17-/m0/s1. The van der Waals surface area contributed by atoms with Crippen LogP contribution in [0.25, 0.3) is 0 Å². The topological polar surface area (TPSA) is 80.7 Å². The first kappa shape index (κ1) is 20.7. The van der Waals surface area contributed by atoms with Crippen LogP contribution in [0, 0.1) is 5.92 Å². The molecule has 1 saturated heterocycles. The number of urea groups is 1. The molecular formula is C18H33N5O3. The van der Waals surface area contributed by atoms with E-state index in [1.54, 1.807) is 24.2 Å². The molecule has 0 spiro atoms. The fraction of sp³-hybridized carbons (Fsp3) is 0.778. The van der Waals surface area contributed by atoms with Crippen LogP contribution in [0.15, 0.2) is 12.4 Å². The highest BCUT2D eigenvalue weighted by Gasteiger charge is 2.27. The van der Waals surface area contributed by atoms with Gasteiger partial charge in [-0.25, -0.2) is 4.79 Å². The third-order valence-electron chi connectivity index (χ3n) is 4.99. The zero-order chi connectivity index (χ0) is 18.8. The Labute approximate surface area is 156 Å². The number of nitrogens with one attached hydrogen (secondary N) is 2. The molecule has 0 saturated carbocycles. The number of hydrogen-bond acceptors (Lipinski definition) is 5. The summed E-state index contributed by atoms with van der Waals surface area (Å²) in [7, 11) is 1.65. The minimum absolute atomic E-state index is 0.194. The molecule has 2 amide bonds. The van der Waals surface area contributed by atoms with E-state index in [-0.39, 0.29) is 6.03 Å². The van der Waals surface area contributed by atoms with Crippen LogP contribution in [0.3, 0.4) is 0 Å². The first-order valence-electron chi connectivity index (χ1n) is 9.55. The lowest BCUT2D eigenvalue weighted by atomic mass is 9.92. The molecular weight excluding hydrogens is 334 g/mol. The predicted octanol–water partition coefficient (Wildman–Crippen LogP) is 1.79. The summed E-state index contributed by atoms with van der Waals surface area (Å²) >= 11 is 0. The smallest absolute Gasteiger partial charge is 0.319 e. The summed E-state index contributed by atoms with van der Waals surface area (Å²) in [5, 5.41) is 10.1. The van der Waals surface area contributed by atoms with Gasteiger partial charge in [-0.1, -0.05) is 26.7 Å². The van der Waals surface area contributed by atoms with Crippen molar-refractivity contribution in [3.05, 3.63) is 12.4 Å². The molecule has 1 aromatic heterocycles. The average Bonchev–Trinajstić information content (AvgIpc) is 3.11. The lowest BCUT2D eigenvalue weighted by Gasteiger charge is -2.38. The van der Waals surface area contributed by atoms with Crippen molar-refractivity contribution in [2.24, 2.45) is 5.92 Å². The Morgan fingerprint density at radius 2 is 2.08 bits per heavy atom. The Kier molecular flexibility index (Phi) is 8.87. The Hall–Kier alpha value is -1.64. The van der Waals surface area contributed by atoms with Gasteiger partial charge in [-0.15, -0.1) is 0 Å². The van der Waals surface area contributed by atoms with E-state index in [0.717, 1.165) is 39.1 Å². The molecule has 8 nitrogen and oxygen atoms in total. The van der Waals surface area contributed by atoms with Gasteiger partial charge in [0.25, 0.3) is 0 Å². The maximum absolute atomic E-state index is 12.3. The number of nitrogens with zero attached hydrogens (tertiary/aromatic N) is 3. The van der Waals surface area contributed by atoms with Crippen LogP contribution in [0.5, 0.6) is 0 Å². The summed E-state index contributed by atoms with van der Waals surface area (Å²) in [6, 6.07) is 0.143. The Balaban J connectivity index is 1.86. The van der Waals surface area contributed by atoms with Gasteiger partial charge >= 0.3 is 6.03 Å². The van der Waals surface area contributed by atoms with Gasteiger partial charge in [0.15, 0.2) is 0 Å². The number of ether oxygens (including phenoxy) is 2. The molecule has 0 unspecified atom stereocenters. The van der Waals surface area contributed by atoms with Crippen molar-refractivity contribution in [2.75, 3.05) is 51.9 Å². The Morgan fingerprint density at radius 1 is 1.35 bits per heavy atom. The van der Waals surface area contributed by atoms with Crippen LogP contribution in [-0.2, 0) is 16.0 Å². The van der Waals surface area contributed by atoms with Gasteiger partial charge in [0.05, 0.1) is 38.2 Å². The highest BCUT2D eigenvalue weighted by atomic mass is 16.5. The van der Waals surface area contributed by atoms with Crippen LogP contribution >= 0.6 is 0 Å². The summed E-state index contributed by atoms with van der Waals surface area (Å²) < 4.78 is 12.3. The maximum Gasteiger partial charge on any atom is 0.319 e. The van der Waals surface area contributed by atoms with E-state index >= 15 is 0 Å². The molecule has 1 aliphatic rings. The number of morpholine rings is 1. The average molecular weight is 367 g/mol. The minimum atomic E-state index is -0.194. The van der Waals surface area contributed by atoms with Crippen LogP contribution in [0.4, 0.5) is 10.5 Å². The fourth-order valence-electron chi connectivity index (χ4n) is 3.44. The van der Waals surface area contributed by atoms with Crippen molar-refractivity contribution in [1.82, 2.24) is 20.0 Å². The highest BCUT2D eigenvalue weighted by Crippen LogP contribution is 2.19. The van der Waals surface area contributed by atoms with E-state index in [2.05, 4.69) is 34.5 Å². The lowest BCUT2D eigenvalue weighted by molar-refractivity contribution is 0.00247. The van der Waals surface area contributed by atoms with Crippen molar-refractivity contribution in [1.29, 1.82) is 0 Å². The number of methoxy groups -OCH3 is 1. The van der Waals surface area contributed by atoms with Gasteiger partial charge < -0.3 is 20.1 Å². The van der Waals surface area contributed by atoms with Crippen LogP contribution in [-0.4, -0.2) is 73.3 Å². The van der Waals surface area contributed by atoms with Gasteiger partial charge in [-0.2, -0.15) is 5.10 Å². The third kappa shape index (κ3) is 6.26. The maximum atomic E-state index is 12.3. The summed E-state index contributed by atoms with van der Waals surface area (Å²) in [4.78, 5) is 14.7. The number of anilines is 1. The van der Waals surface area contributed by atoms with Crippen molar-refractivity contribution < 1.29 is 14.3 Å². The van der Waals surface area contributed by atoms with Gasteiger partial charge in [-0.05, 0) is 5.92 Å². The summed E-state index contributed by atoms with van der Waals surface area (Å²) in [6.07, 6.45) is 5.66. The Morgan fingerprint density at radius 3 is 2.73 bits per heavy atom. The zero-order valence-corrected chi connectivity index (χ0v) is 16.2. The van der Waals surface area contributed by atoms with Gasteiger partial charge in [0.1, 0.15) is 0 Å². The molecule has 0 aliphatic carbocycles. The first-order valence-corrected chi connectivity index (χ1v) is 9.55. The van der Waals surface area contributed by atoms with Crippen LogP contribution in [0.1, 0.15) is 26.7 Å². The molecule has 0 radical (unpaired) electrons. The second-order valence-corrected chi connectivity index (χ2v) is 6.61. The second-order valence-electron chi connectivity index (χ2n) is 6.61. The quantitative estimate of drug-likeness (QED) is 0.659. The summed E-state index contributed by atoms with van der Waals surface area (Å²) in [5.41, 5.74) is 0.684. The molecule has 1 aromatic rings. The first-order chi connectivity index (χ1) is 12.7.